The highest BCUT2D eigenvalue weighted by atomic mass is 16.2. The third kappa shape index (κ3) is 3.17. The monoisotopic (exact) mass is 291 g/mol. The van der Waals surface area contributed by atoms with Gasteiger partial charge in [-0.05, 0) is 19.3 Å². The number of hydrogen-bond donors (Lipinski definition) is 2. The van der Waals surface area contributed by atoms with Crippen LogP contribution in [0.25, 0.3) is 0 Å². The fourth-order valence-corrected chi connectivity index (χ4v) is 2.72. The van der Waals surface area contributed by atoms with Crippen LogP contribution in [0, 0.1) is 0 Å². The molecule has 3 rings (SSSR count). The van der Waals surface area contributed by atoms with Gasteiger partial charge in [-0.2, -0.15) is 5.10 Å². The Hall–Kier alpha value is -2.05. The van der Waals surface area contributed by atoms with Crippen molar-refractivity contribution in [1.29, 1.82) is 0 Å². The summed E-state index contributed by atoms with van der Waals surface area (Å²) < 4.78 is 1.72. The zero-order valence-corrected chi connectivity index (χ0v) is 12.4. The number of nitrogens with one attached hydrogen (secondary N) is 2. The first-order valence-electron chi connectivity index (χ1n) is 7.40. The zero-order valence-electron chi connectivity index (χ0n) is 12.4. The number of nitrogens with zero attached hydrogens (tertiary/aromatic N) is 3. The van der Waals surface area contributed by atoms with E-state index in [-0.39, 0.29) is 18.0 Å². The fraction of sp³-hybridized carbons (Fsp3) is 0.643. The Labute approximate surface area is 123 Å². The van der Waals surface area contributed by atoms with Crippen LogP contribution in [0.15, 0.2) is 6.07 Å². The standard InChI is InChI=1S/C14H21N5O2/c1-9(20)15-11-5-6-19(8-11)14(21)16-13-7-12(10-3-4-10)17-18(13)2/h7,10-11H,3-6,8H2,1-2H3,(H,15,20)(H,16,21). The first kappa shape index (κ1) is 13.9. The molecule has 2 aliphatic rings. The number of rotatable bonds is 3. The van der Waals surface area contributed by atoms with Crippen LogP contribution in [0.4, 0.5) is 10.6 Å². The fourth-order valence-electron chi connectivity index (χ4n) is 2.72. The number of aryl methyl sites for hydroxylation is 1. The van der Waals surface area contributed by atoms with E-state index in [4.69, 9.17) is 0 Å². The van der Waals surface area contributed by atoms with E-state index in [1.165, 1.54) is 19.8 Å². The van der Waals surface area contributed by atoms with E-state index < -0.39 is 0 Å². The molecule has 1 saturated heterocycles. The lowest BCUT2D eigenvalue weighted by molar-refractivity contribution is -0.119. The third-order valence-electron chi connectivity index (χ3n) is 4.01. The van der Waals surface area contributed by atoms with E-state index in [2.05, 4.69) is 15.7 Å². The molecule has 0 bridgehead atoms. The Bertz CT molecular complexity index is 564. The van der Waals surface area contributed by atoms with Gasteiger partial charge in [0.2, 0.25) is 5.91 Å². The Morgan fingerprint density at radius 3 is 2.76 bits per heavy atom. The third-order valence-corrected chi connectivity index (χ3v) is 4.01. The molecule has 7 heteroatoms. The highest BCUT2D eigenvalue weighted by Gasteiger charge is 2.29. The number of hydrogen-bond acceptors (Lipinski definition) is 3. The molecule has 1 aliphatic heterocycles. The summed E-state index contributed by atoms with van der Waals surface area (Å²) in [6.45, 7) is 2.71. The van der Waals surface area contributed by atoms with Crippen molar-refractivity contribution in [2.45, 2.75) is 38.1 Å². The Morgan fingerprint density at radius 1 is 1.33 bits per heavy atom. The van der Waals surface area contributed by atoms with Gasteiger partial charge < -0.3 is 10.2 Å². The number of anilines is 1. The van der Waals surface area contributed by atoms with Crippen molar-refractivity contribution in [1.82, 2.24) is 20.0 Å². The number of carbonyl (C=O) groups is 2. The van der Waals surface area contributed by atoms with Gasteiger partial charge in [-0.15, -0.1) is 0 Å². The first-order chi connectivity index (χ1) is 10.0. The number of aromatic nitrogens is 2. The van der Waals surface area contributed by atoms with Crippen molar-refractivity contribution < 1.29 is 9.59 Å². The van der Waals surface area contributed by atoms with Crippen LogP contribution >= 0.6 is 0 Å². The molecular weight excluding hydrogens is 270 g/mol. The van der Waals surface area contributed by atoms with Gasteiger partial charge in [0.1, 0.15) is 5.82 Å². The first-order valence-corrected chi connectivity index (χ1v) is 7.40. The summed E-state index contributed by atoms with van der Waals surface area (Å²) in [4.78, 5) is 25.0. The molecule has 1 saturated carbocycles. The molecule has 2 heterocycles. The molecule has 1 aromatic rings. The molecule has 0 spiro atoms. The number of amides is 3. The molecule has 1 unspecified atom stereocenters. The van der Waals surface area contributed by atoms with Gasteiger partial charge >= 0.3 is 6.03 Å². The van der Waals surface area contributed by atoms with E-state index >= 15 is 0 Å². The molecule has 1 aromatic heterocycles. The van der Waals surface area contributed by atoms with Crippen molar-refractivity contribution in [3.05, 3.63) is 11.8 Å². The Morgan fingerprint density at radius 2 is 2.10 bits per heavy atom. The quantitative estimate of drug-likeness (QED) is 0.873. The van der Waals surface area contributed by atoms with Crippen molar-refractivity contribution in [2.75, 3.05) is 18.4 Å². The summed E-state index contributed by atoms with van der Waals surface area (Å²) in [7, 11) is 1.84. The summed E-state index contributed by atoms with van der Waals surface area (Å²) in [6.07, 6.45) is 3.18. The second-order valence-electron chi connectivity index (χ2n) is 5.91. The molecular formula is C14H21N5O2. The van der Waals surface area contributed by atoms with Crippen LogP contribution < -0.4 is 10.6 Å². The van der Waals surface area contributed by atoms with Crippen molar-refractivity contribution >= 4 is 17.8 Å². The second-order valence-corrected chi connectivity index (χ2v) is 5.91. The number of likely N-dealkylation sites (tertiary alicyclic amines) is 1. The maximum atomic E-state index is 12.3. The lowest BCUT2D eigenvalue weighted by Crippen LogP contribution is -2.39. The molecule has 1 aliphatic carbocycles. The second kappa shape index (κ2) is 5.38. The van der Waals surface area contributed by atoms with Gasteiger partial charge in [0.25, 0.3) is 0 Å². The van der Waals surface area contributed by atoms with E-state index in [1.807, 2.05) is 13.1 Å². The maximum absolute atomic E-state index is 12.3. The summed E-state index contributed by atoms with van der Waals surface area (Å²) in [5.41, 5.74) is 1.06. The topological polar surface area (TPSA) is 79.3 Å². The summed E-state index contributed by atoms with van der Waals surface area (Å²) >= 11 is 0. The molecule has 2 N–H and O–H groups in total. The lowest BCUT2D eigenvalue weighted by atomic mass is 10.3. The van der Waals surface area contributed by atoms with Gasteiger partial charge in [0.05, 0.1) is 5.69 Å². The highest BCUT2D eigenvalue weighted by Crippen LogP contribution is 2.39. The minimum Gasteiger partial charge on any atom is -0.352 e. The van der Waals surface area contributed by atoms with Crippen LogP contribution in [0.3, 0.4) is 0 Å². The molecule has 7 nitrogen and oxygen atoms in total. The predicted octanol–water partition coefficient (Wildman–Crippen LogP) is 1.04. The van der Waals surface area contributed by atoms with Crippen LogP contribution in [0.2, 0.25) is 0 Å². The highest BCUT2D eigenvalue weighted by molar-refractivity contribution is 5.88. The molecule has 0 radical (unpaired) electrons. The average molecular weight is 291 g/mol. The smallest absolute Gasteiger partial charge is 0.323 e. The summed E-state index contributed by atoms with van der Waals surface area (Å²) in [6, 6.07) is 1.88. The lowest BCUT2D eigenvalue weighted by Gasteiger charge is -2.17. The Balaban J connectivity index is 1.58. The van der Waals surface area contributed by atoms with Crippen molar-refractivity contribution in [3.63, 3.8) is 0 Å². The normalized spacial score (nSPS) is 21.4. The SMILES string of the molecule is CC(=O)NC1CCN(C(=O)Nc2cc(C3CC3)nn2C)C1. The molecule has 0 aromatic carbocycles. The Kier molecular flexibility index (Phi) is 3.57. The number of carbonyl (C=O) groups excluding carboxylic acids is 2. The van der Waals surface area contributed by atoms with Gasteiger partial charge in [0.15, 0.2) is 0 Å². The summed E-state index contributed by atoms with van der Waals surface area (Å²) in [5.74, 6) is 1.24. The van der Waals surface area contributed by atoms with Crippen molar-refractivity contribution in [2.24, 2.45) is 7.05 Å². The van der Waals surface area contributed by atoms with Crippen LogP contribution in [-0.4, -0.2) is 45.8 Å². The maximum Gasteiger partial charge on any atom is 0.323 e. The van der Waals surface area contributed by atoms with E-state index in [1.54, 1.807) is 9.58 Å². The minimum absolute atomic E-state index is 0.0528. The van der Waals surface area contributed by atoms with E-state index in [0.29, 0.717) is 19.0 Å². The van der Waals surface area contributed by atoms with Gasteiger partial charge in [-0.25, -0.2) is 4.79 Å². The van der Waals surface area contributed by atoms with E-state index in [0.717, 1.165) is 17.9 Å². The van der Waals surface area contributed by atoms with Crippen LogP contribution in [0.1, 0.15) is 37.8 Å². The molecule has 2 fully saturated rings. The van der Waals surface area contributed by atoms with Gasteiger partial charge in [0, 0.05) is 45.1 Å². The predicted molar refractivity (Wildman–Crippen MR) is 78.0 cm³/mol. The average Bonchev–Trinajstić information content (AvgIpc) is 3.06. The van der Waals surface area contributed by atoms with Crippen molar-refractivity contribution in [3.8, 4) is 0 Å². The molecule has 21 heavy (non-hydrogen) atoms. The molecule has 1 atom stereocenters. The van der Waals surface area contributed by atoms with E-state index in [9.17, 15) is 9.59 Å². The molecule has 3 amide bonds. The zero-order chi connectivity index (χ0) is 15.0. The van der Waals surface area contributed by atoms with Gasteiger partial charge in [-0.3, -0.25) is 14.8 Å². The largest absolute Gasteiger partial charge is 0.352 e. The van der Waals surface area contributed by atoms with Crippen LogP contribution in [0.5, 0.6) is 0 Å². The van der Waals surface area contributed by atoms with Gasteiger partial charge in [-0.1, -0.05) is 0 Å². The summed E-state index contributed by atoms with van der Waals surface area (Å²) in [5, 5.41) is 10.2. The number of urea groups is 1. The minimum atomic E-state index is -0.131. The molecule has 114 valence electrons. The van der Waals surface area contributed by atoms with Crippen LogP contribution in [-0.2, 0) is 11.8 Å².